The molecule has 1 aromatic heterocycles. The standard InChI is InChI=1S/C11H13F3N2O5/c1-15-9(19)5(11(12,13)14)3-16(10(15)20)8-2-6(18)7(4-17)21-8/h3,6-8,17-18H,2,4H2,1H3/t6?,7-,8-/m1/s1. The van der Waals surface area contributed by atoms with E-state index in [4.69, 9.17) is 9.84 Å². The predicted octanol–water partition coefficient (Wildman–Crippen LogP) is -0.793. The fourth-order valence-corrected chi connectivity index (χ4v) is 2.14. The first kappa shape index (κ1) is 15.7. The summed E-state index contributed by atoms with van der Waals surface area (Å²) in [6.45, 7) is -0.537. The fraction of sp³-hybridized carbons (Fsp3) is 0.636. The minimum atomic E-state index is -4.92. The van der Waals surface area contributed by atoms with Crippen LogP contribution in [0.25, 0.3) is 0 Å². The second-order valence-electron chi connectivity index (χ2n) is 4.71. The molecule has 0 aliphatic carbocycles. The zero-order valence-electron chi connectivity index (χ0n) is 10.9. The van der Waals surface area contributed by atoms with Crippen molar-refractivity contribution in [2.75, 3.05) is 6.61 Å². The molecule has 2 heterocycles. The van der Waals surface area contributed by atoms with Crippen LogP contribution < -0.4 is 11.2 Å². The molecule has 21 heavy (non-hydrogen) atoms. The minimum absolute atomic E-state index is 0.166. The van der Waals surface area contributed by atoms with Gasteiger partial charge in [0, 0.05) is 19.7 Å². The highest BCUT2D eigenvalue weighted by Crippen LogP contribution is 2.30. The quantitative estimate of drug-likeness (QED) is 0.746. The molecule has 1 aliphatic rings. The summed E-state index contributed by atoms with van der Waals surface area (Å²) in [6, 6.07) is 0. The molecule has 2 rings (SSSR count). The van der Waals surface area contributed by atoms with Gasteiger partial charge in [-0.2, -0.15) is 13.2 Å². The van der Waals surface area contributed by atoms with E-state index in [1.165, 1.54) is 0 Å². The Morgan fingerprint density at radius 2 is 2.05 bits per heavy atom. The molecule has 118 valence electrons. The van der Waals surface area contributed by atoms with Crippen molar-refractivity contribution in [1.29, 1.82) is 0 Å². The second kappa shape index (κ2) is 5.28. The molecular formula is C11H13F3N2O5. The first-order valence-electron chi connectivity index (χ1n) is 6.00. The van der Waals surface area contributed by atoms with E-state index in [0.717, 1.165) is 7.05 Å². The highest BCUT2D eigenvalue weighted by Gasteiger charge is 2.39. The van der Waals surface area contributed by atoms with Crippen molar-refractivity contribution in [2.24, 2.45) is 7.05 Å². The topological polar surface area (TPSA) is 93.7 Å². The van der Waals surface area contributed by atoms with Gasteiger partial charge in [-0.05, 0) is 0 Å². The van der Waals surface area contributed by atoms with Gasteiger partial charge in [-0.25, -0.2) is 4.79 Å². The monoisotopic (exact) mass is 310 g/mol. The maximum Gasteiger partial charge on any atom is 0.423 e. The molecule has 7 nitrogen and oxygen atoms in total. The van der Waals surface area contributed by atoms with E-state index < -0.39 is 48.0 Å². The number of halogens is 3. The lowest BCUT2D eigenvalue weighted by Crippen LogP contribution is -2.42. The van der Waals surface area contributed by atoms with Crippen molar-refractivity contribution in [3.8, 4) is 0 Å². The van der Waals surface area contributed by atoms with Crippen LogP contribution in [0.1, 0.15) is 18.2 Å². The number of aliphatic hydroxyl groups is 2. The Balaban J connectivity index is 2.53. The molecule has 0 bridgehead atoms. The SMILES string of the molecule is Cn1c(=O)c(C(F)(F)F)cn([C@H]2CC(O)[C@@H](CO)O2)c1=O. The Morgan fingerprint density at radius 3 is 2.52 bits per heavy atom. The normalized spacial score (nSPS) is 26.3. The summed E-state index contributed by atoms with van der Waals surface area (Å²) < 4.78 is 44.4. The summed E-state index contributed by atoms with van der Waals surface area (Å²) in [5.41, 5.74) is -3.96. The van der Waals surface area contributed by atoms with Gasteiger partial charge in [0.2, 0.25) is 0 Å². The largest absolute Gasteiger partial charge is 0.423 e. The van der Waals surface area contributed by atoms with E-state index in [1.807, 2.05) is 0 Å². The van der Waals surface area contributed by atoms with Gasteiger partial charge in [-0.1, -0.05) is 0 Å². The van der Waals surface area contributed by atoms with E-state index in [2.05, 4.69) is 0 Å². The third-order valence-corrected chi connectivity index (χ3v) is 3.31. The van der Waals surface area contributed by atoms with Gasteiger partial charge in [-0.3, -0.25) is 13.9 Å². The summed E-state index contributed by atoms with van der Waals surface area (Å²) in [5, 5.41) is 18.5. The third-order valence-electron chi connectivity index (χ3n) is 3.31. The number of hydrogen-bond acceptors (Lipinski definition) is 5. The lowest BCUT2D eigenvalue weighted by molar-refractivity contribution is -0.140. The molecule has 2 N–H and O–H groups in total. The lowest BCUT2D eigenvalue weighted by Gasteiger charge is -2.17. The van der Waals surface area contributed by atoms with Crippen LogP contribution in [0.4, 0.5) is 13.2 Å². The lowest BCUT2D eigenvalue weighted by atomic mass is 10.2. The van der Waals surface area contributed by atoms with E-state index in [9.17, 15) is 27.9 Å². The predicted molar refractivity (Wildman–Crippen MR) is 62.6 cm³/mol. The van der Waals surface area contributed by atoms with Crippen LogP contribution in [0.5, 0.6) is 0 Å². The number of ether oxygens (including phenoxy) is 1. The molecule has 10 heteroatoms. The first-order valence-corrected chi connectivity index (χ1v) is 6.00. The third kappa shape index (κ3) is 2.74. The average Bonchev–Trinajstić information content (AvgIpc) is 2.75. The van der Waals surface area contributed by atoms with Crippen LogP contribution in [0.15, 0.2) is 15.8 Å². The van der Waals surface area contributed by atoms with Crippen LogP contribution in [0, 0.1) is 0 Å². The van der Waals surface area contributed by atoms with Gasteiger partial charge in [0.15, 0.2) is 0 Å². The van der Waals surface area contributed by atoms with Crippen LogP contribution >= 0.6 is 0 Å². The molecule has 1 unspecified atom stereocenters. The van der Waals surface area contributed by atoms with Crippen molar-refractivity contribution >= 4 is 0 Å². The Kier molecular flexibility index (Phi) is 3.95. The van der Waals surface area contributed by atoms with Gasteiger partial charge < -0.3 is 14.9 Å². The summed E-state index contributed by atoms with van der Waals surface area (Å²) in [6.07, 6.45) is -8.00. The summed E-state index contributed by atoms with van der Waals surface area (Å²) in [4.78, 5) is 23.4. The maximum atomic E-state index is 12.8. The van der Waals surface area contributed by atoms with Crippen LogP contribution in [-0.2, 0) is 18.0 Å². The van der Waals surface area contributed by atoms with Gasteiger partial charge >= 0.3 is 11.9 Å². The van der Waals surface area contributed by atoms with Crippen molar-refractivity contribution in [3.05, 3.63) is 32.6 Å². The molecule has 0 radical (unpaired) electrons. The Morgan fingerprint density at radius 1 is 1.43 bits per heavy atom. The Hall–Kier alpha value is -1.65. The number of hydrogen-bond donors (Lipinski definition) is 2. The molecule has 0 spiro atoms. The number of alkyl halides is 3. The zero-order valence-corrected chi connectivity index (χ0v) is 10.9. The molecule has 0 aromatic carbocycles. The van der Waals surface area contributed by atoms with E-state index in [-0.39, 0.29) is 6.42 Å². The molecule has 0 amide bonds. The van der Waals surface area contributed by atoms with Gasteiger partial charge in [-0.15, -0.1) is 0 Å². The minimum Gasteiger partial charge on any atom is -0.394 e. The van der Waals surface area contributed by atoms with Crippen LogP contribution in [-0.4, -0.2) is 38.2 Å². The number of aromatic nitrogens is 2. The molecular weight excluding hydrogens is 297 g/mol. The van der Waals surface area contributed by atoms with E-state index in [1.54, 1.807) is 0 Å². The highest BCUT2D eigenvalue weighted by atomic mass is 19.4. The van der Waals surface area contributed by atoms with Gasteiger partial charge in [0.1, 0.15) is 17.9 Å². The number of nitrogens with zero attached hydrogens (tertiary/aromatic N) is 2. The Bertz CT molecular complexity index is 651. The van der Waals surface area contributed by atoms with Crippen LogP contribution in [0.2, 0.25) is 0 Å². The molecule has 3 atom stereocenters. The second-order valence-corrected chi connectivity index (χ2v) is 4.71. The molecule has 1 aromatic rings. The van der Waals surface area contributed by atoms with Gasteiger partial charge in [0.25, 0.3) is 5.56 Å². The maximum absolute atomic E-state index is 12.8. The molecule has 1 fully saturated rings. The first-order chi connectivity index (χ1) is 9.66. The number of aliphatic hydroxyl groups excluding tert-OH is 2. The van der Waals surface area contributed by atoms with Gasteiger partial charge in [0.05, 0.1) is 12.7 Å². The van der Waals surface area contributed by atoms with E-state index >= 15 is 0 Å². The van der Waals surface area contributed by atoms with Crippen molar-refractivity contribution in [1.82, 2.24) is 9.13 Å². The van der Waals surface area contributed by atoms with Crippen molar-refractivity contribution in [2.45, 2.75) is 31.0 Å². The highest BCUT2D eigenvalue weighted by molar-refractivity contribution is 5.10. The molecule has 0 saturated carbocycles. The Labute approximate surface area is 115 Å². The van der Waals surface area contributed by atoms with Crippen molar-refractivity contribution < 1.29 is 28.1 Å². The summed E-state index contributed by atoms with van der Waals surface area (Å²) in [7, 11) is 0.922. The summed E-state index contributed by atoms with van der Waals surface area (Å²) >= 11 is 0. The van der Waals surface area contributed by atoms with Crippen molar-refractivity contribution in [3.63, 3.8) is 0 Å². The average molecular weight is 310 g/mol. The number of rotatable bonds is 2. The summed E-state index contributed by atoms with van der Waals surface area (Å²) in [5.74, 6) is 0. The molecule has 1 saturated heterocycles. The van der Waals surface area contributed by atoms with E-state index in [0.29, 0.717) is 15.3 Å². The fourth-order valence-electron chi connectivity index (χ4n) is 2.14. The molecule has 1 aliphatic heterocycles. The zero-order chi connectivity index (χ0) is 15.9. The van der Waals surface area contributed by atoms with Crippen LogP contribution in [0.3, 0.4) is 0 Å². The smallest absolute Gasteiger partial charge is 0.394 e.